The average Bonchev–Trinajstić information content (AvgIpc) is 1.99. The van der Waals surface area contributed by atoms with Gasteiger partial charge < -0.3 is 0 Å². The summed E-state index contributed by atoms with van der Waals surface area (Å²) in [6.07, 6.45) is -10.4. The fourth-order valence-corrected chi connectivity index (χ4v) is 0.645. The van der Waals surface area contributed by atoms with Crippen LogP contribution in [0.1, 0.15) is 26.2 Å². The molecule has 0 aromatic rings. The van der Waals surface area contributed by atoms with Gasteiger partial charge in [-0.3, -0.25) is 4.74 Å². The number of hydrogen-bond donors (Lipinski definition) is 0. The molecular formula is C7H11F5O. The van der Waals surface area contributed by atoms with Gasteiger partial charge in [-0.05, 0) is 6.42 Å². The first-order valence-electron chi connectivity index (χ1n) is 3.88. The largest absolute Gasteiger partial charge is 0.418 e. The summed E-state index contributed by atoms with van der Waals surface area (Å²) in [6, 6.07) is 0. The van der Waals surface area contributed by atoms with Gasteiger partial charge in [0.1, 0.15) is 0 Å². The van der Waals surface area contributed by atoms with E-state index in [1.165, 1.54) is 0 Å². The standard InChI is InChI=1S/C7H11F5O/c1-2-3-4-5(8)13-7(11,12)6(9)10/h5-6H,2-4H2,1H3. The van der Waals surface area contributed by atoms with Gasteiger partial charge in [0.25, 0.3) is 0 Å². The molecule has 0 spiro atoms. The van der Waals surface area contributed by atoms with Gasteiger partial charge in [-0.1, -0.05) is 13.3 Å². The molecule has 0 fully saturated rings. The molecule has 1 unspecified atom stereocenters. The van der Waals surface area contributed by atoms with Gasteiger partial charge in [0.2, 0.25) is 6.36 Å². The molecule has 0 aliphatic carbocycles. The van der Waals surface area contributed by atoms with Gasteiger partial charge in [-0.2, -0.15) is 8.78 Å². The molecule has 80 valence electrons. The maximum Gasteiger partial charge on any atom is 0.418 e. The molecule has 13 heavy (non-hydrogen) atoms. The van der Waals surface area contributed by atoms with Gasteiger partial charge in [0, 0.05) is 6.42 Å². The molecule has 0 radical (unpaired) electrons. The topological polar surface area (TPSA) is 9.23 Å². The highest BCUT2D eigenvalue weighted by Gasteiger charge is 2.44. The lowest BCUT2D eigenvalue weighted by molar-refractivity contribution is -0.337. The monoisotopic (exact) mass is 206 g/mol. The molecule has 0 amide bonds. The van der Waals surface area contributed by atoms with Gasteiger partial charge in [-0.15, -0.1) is 0 Å². The quantitative estimate of drug-likeness (QED) is 0.605. The first-order chi connectivity index (χ1) is 5.90. The van der Waals surface area contributed by atoms with E-state index in [2.05, 4.69) is 4.74 Å². The van der Waals surface area contributed by atoms with Crippen molar-refractivity contribution in [3.05, 3.63) is 0 Å². The minimum atomic E-state index is -4.69. The van der Waals surface area contributed by atoms with E-state index in [4.69, 9.17) is 0 Å². The normalized spacial score (nSPS) is 15.0. The van der Waals surface area contributed by atoms with E-state index in [0.717, 1.165) is 0 Å². The van der Waals surface area contributed by atoms with Crippen molar-refractivity contribution in [2.75, 3.05) is 0 Å². The number of hydrogen-bond acceptors (Lipinski definition) is 1. The molecule has 0 saturated heterocycles. The third-order valence-corrected chi connectivity index (χ3v) is 1.32. The van der Waals surface area contributed by atoms with Crippen LogP contribution in [0.3, 0.4) is 0 Å². The summed E-state index contributed by atoms with van der Waals surface area (Å²) < 4.78 is 62.6. The smallest absolute Gasteiger partial charge is 0.281 e. The van der Waals surface area contributed by atoms with Gasteiger partial charge in [-0.25, -0.2) is 13.2 Å². The summed E-state index contributed by atoms with van der Waals surface area (Å²) in [4.78, 5) is 0. The third kappa shape index (κ3) is 5.02. The highest BCUT2D eigenvalue weighted by atomic mass is 19.3. The SMILES string of the molecule is CCCCC(F)OC(F)(F)C(F)F. The minimum absolute atomic E-state index is 0.293. The lowest BCUT2D eigenvalue weighted by atomic mass is 10.2. The second-order valence-corrected chi connectivity index (χ2v) is 2.53. The van der Waals surface area contributed by atoms with Gasteiger partial charge in [0.05, 0.1) is 0 Å². The molecule has 1 atom stereocenters. The molecule has 0 aromatic carbocycles. The van der Waals surface area contributed by atoms with E-state index >= 15 is 0 Å². The molecule has 0 bridgehead atoms. The van der Waals surface area contributed by atoms with Crippen LogP contribution in [0, 0.1) is 0 Å². The second-order valence-electron chi connectivity index (χ2n) is 2.53. The van der Waals surface area contributed by atoms with Gasteiger partial charge in [0.15, 0.2) is 0 Å². The van der Waals surface area contributed by atoms with Crippen molar-refractivity contribution in [3.63, 3.8) is 0 Å². The first-order valence-corrected chi connectivity index (χ1v) is 3.88. The number of alkyl halides is 5. The first kappa shape index (κ1) is 12.6. The number of halogens is 5. The number of ether oxygens (including phenoxy) is 1. The second kappa shape index (κ2) is 5.36. The summed E-state index contributed by atoms with van der Waals surface area (Å²) in [5, 5.41) is 0. The van der Waals surface area contributed by atoms with E-state index in [-0.39, 0.29) is 6.42 Å². The molecule has 6 heteroatoms. The fourth-order valence-electron chi connectivity index (χ4n) is 0.645. The third-order valence-electron chi connectivity index (χ3n) is 1.32. The molecule has 0 aliphatic heterocycles. The Kier molecular flexibility index (Phi) is 5.20. The molecule has 0 heterocycles. The summed E-state index contributed by atoms with van der Waals surface area (Å²) >= 11 is 0. The van der Waals surface area contributed by atoms with Crippen molar-refractivity contribution < 1.29 is 26.7 Å². The molecule has 0 N–H and O–H groups in total. The van der Waals surface area contributed by atoms with Crippen LogP contribution in [-0.2, 0) is 4.74 Å². The highest BCUT2D eigenvalue weighted by molar-refractivity contribution is 4.57. The van der Waals surface area contributed by atoms with Crippen molar-refractivity contribution in [3.8, 4) is 0 Å². The Balaban J connectivity index is 3.82. The van der Waals surface area contributed by atoms with Crippen LogP contribution in [0.2, 0.25) is 0 Å². The van der Waals surface area contributed by atoms with Crippen LogP contribution in [-0.4, -0.2) is 18.9 Å². The van der Waals surface area contributed by atoms with Crippen LogP contribution in [0.25, 0.3) is 0 Å². The molecule has 1 nitrogen and oxygen atoms in total. The molecular weight excluding hydrogens is 195 g/mol. The lowest BCUT2D eigenvalue weighted by Crippen LogP contribution is -2.33. The van der Waals surface area contributed by atoms with E-state index in [1.54, 1.807) is 6.92 Å². The van der Waals surface area contributed by atoms with Crippen LogP contribution in [0.4, 0.5) is 22.0 Å². The number of unbranched alkanes of at least 4 members (excludes halogenated alkanes) is 1. The van der Waals surface area contributed by atoms with Crippen LogP contribution < -0.4 is 0 Å². The van der Waals surface area contributed by atoms with Crippen molar-refractivity contribution in [1.82, 2.24) is 0 Å². The van der Waals surface area contributed by atoms with Crippen molar-refractivity contribution in [1.29, 1.82) is 0 Å². The Morgan fingerprint density at radius 3 is 2.15 bits per heavy atom. The van der Waals surface area contributed by atoms with E-state index in [9.17, 15) is 22.0 Å². The summed E-state index contributed by atoms with van der Waals surface area (Å²) in [7, 11) is 0. The maximum atomic E-state index is 12.4. The number of rotatable bonds is 6. The Morgan fingerprint density at radius 2 is 1.77 bits per heavy atom. The maximum absolute atomic E-state index is 12.4. The zero-order chi connectivity index (χ0) is 10.5. The minimum Gasteiger partial charge on any atom is -0.281 e. The predicted molar refractivity (Wildman–Crippen MR) is 36.5 cm³/mol. The Bertz CT molecular complexity index is 139. The zero-order valence-corrected chi connectivity index (χ0v) is 7.07. The molecule has 0 aliphatic rings. The van der Waals surface area contributed by atoms with E-state index in [1.807, 2.05) is 0 Å². The Hall–Kier alpha value is -0.390. The Labute approximate surface area is 72.9 Å². The lowest BCUT2D eigenvalue weighted by Gasteiger charge is -2.18. The van der Waals surface area contributed by atoms with E-state index < -0.39 is 18.9 Å². The zero-order valence-electron chi connectivity index (χ0n) is 7.07. The van der Waals surface area contributed by atoms with Crippen LogP contribution in [0.15, 0.2) is 0 Å². The Morgan fingerprint density at radius 1 is 1.23 bits per heavy atom. The predicted octanol–water partition coefficient (Wildman–Crippen LogP) is 3.35. The molecule has 0 aromatic heterocycles. The highest BCUT2D eigenvalue weighted by Crippen LogP contribution is 2.27. The summed E-state index contributed by atoms with van der Waals surface area (Å²) in [5.74, 6) is 0. The fraction of sp³-hybridized carbons (Fsp3) is 1.00. The van der Waals surface area contributed by atoms with Crippen LogP contribution in [0.5, 0.6) is 0 Å². The molecule has 0 saturated carbocycles. The van der Waals surface area contributed by atoms with Crippen LogP contribution >= 0.6 is 0 Å². The summed E-state index contributed by atoms with van der Waals surface area (Å²) in [5.41, 5.74) is 0. The van der Waals surface area contributed by atoms with Crippen molar-refractivity contribution in [2.45, 2.75) is 45.1 Å². The molecule has 0 rings (SSSR count). The van der Waals surface area contributed by atoms with Gasteiger partial charge >= 0.3 is 12.5 Å². The van der Waals surface area contributed by atoms with E-state index in [0.29, 0.717) is 12.8 Å². The van der Waals surface area contributed by atoms with Crippen molar-refractivity contribution >= 4 is 0 Å². The average molecular weight is 206 g/mol. The van der Waals surface area contributed by atoms with Crippen molar-refractivity contribution in [2.24, 2.45) is 0 Å². The summed E-state index contributed by atoms with van der Waals surface area (Å²) in [6.45, 7) is 1.72.